The summed E-state index contributed by atoms with van der Waals surface area (Å²) in [4.78, 5) is 12.6. The lowest BCUT2D eigenvalue weighted by molar-refractivity contribution is 0.0702. The van der Waals surface area contributed by atoms with Gasteiger partial charge in [-0.05, 0) is 24.3 Å². The smallest absolute Gasteiger partial charge is 0.345 e. The van der Waals surface area contributed by atoms with Gasteiger partial charge in [0.05, 0.1) is 12.7 Å². The predicted molar refractivity (Wildman–Crippen MR) is 73.1 cm³/mol. The van der Waals surface area contributed by atoms with Crippen LogP contribution in [0, 0.1) is 11.3 Å². The maximum Gasteiger partial charge on any atom is 0.345 e. The van der Waals surface area contributed by atoms with Gasteiger partial charge >= 0.3 is 5.97 Å². The van der Waals surface area contributed by atoms with Crippen LogP contribution in [0.15, 0.2) is 39.4 Å². The monoisotopic (exact) mass is 291 g/mol. The van der Waals surface area contributed by atoms with Crippen LogP contribution in [0.2, 0.25) is 0 Å². The molecule has 1 aromatic carbocycles. The zero-order valence-electron chi connectivity index (χ0n) is 9.91. The predicted octanol–water partition coefficient (Wildman–Crippen LogP) is 3.48. The SMILES string of the molecule is COc1ccc(C#N)c(Sc2csc(C(=O)O)c2)c1. The van der Waals surface area contributed by atoms with Gasteiger partial charge in [0.15, 0.2) is 0 Å². The van der Waals surface area contributed by atoms with Crippen LogP contribution in [0.1, 0.15) is 15.2 Å². The van der Waals surface area contributed by atoms with Crippen molar-refractivity contribution in [1.29, 1.82) is 5.26 Å². The van der Waals surface area contributed by atoms with Crippen LogP contribution >= 0.6 is 23.1 Å². The average molecular weight is 291 g/mol. The number of ether oxygens (including phenoxy) is 1. The molecule has 0 fully saturated rings. The second-order valence-electron chi connectivity index (χ2n) is 3.53. The molecule has 2 aromatic rings. The molecule has 1 aromatic heterocycles. The van der Waals surface area contributed by atoms with Crippen molar-refractivity contribution in [2.45, 2.75) is 9.79 Å². The molecular formula is C13H9NO3S2. The Balaban J connectivity index is 2.31. The summed E-state index contributed by atoms with van der Waals surface area (Å²) in [5.41, 5.74) is 0.536. The van der Waals surface area contributed by atoms with E-state index in [2.05, 4.69) is 6.07 Å². The number of aromatic carboxylic acids is 1. The maximum absolute atomic E-state index is 10.8. The van der Waals surface area contributed by atoms with E-state index in [1.807, 2.05) is 0 Å². The van der Waals surface area contributed by atoms with Crippen molar-refractivity contribution in [2.24, 2.45) is 0 Å². The van der Waals surface area contributed by atoms with Crippen LogP contribution in [0.5, 0.6) is 5.75 Å². The molecule has 0 spiro atoms. The van der Waals surface area contributed by atoms with Crippen molar-refractivity contribution in [1.82, 2.24) is 0 Å². The van der Waals surface area contributed by atoms with E-state index in [1.54, 1.807) is 36.8 Å². The van der Waals surface area contributed by atoms with Gasteiger partial charge in [0.25, 0.3) is 0 Å². The zero-order valence-corrected chi connectivity index (χ0v) is 11.5. The van der Waals surface area contributed by atoms with Crippen LogP contribution in [0.25, 0.3) is 0 Å². The van der Waals surface area contributed by atoms with Crippen LogP contribution in [0.4, 0.5) is 0 Å². The number of hydrogen-bond acceptors (Lipinski definition) is 5. The van der Waals surface area contributed by atoms with Gasteiger partial charge in [-0.25, -0.2) is 4.79 Å². The van der Waals surface area contributed by atoms with Gasteiger partial charge in [-0.3, -0.25) is 0 Å². The van der Waals surface area contributed by atoms with Gasteiger partial charge in [-0.2, -0.15) is 5.26 Å². The molecule has 0 bridgehead atoms. The van der Waals surface area contributed by atoms with E-state index in [4.69, 9.17) is 15.1 Å². The number of carboxylic acids is 1. The topological polar surface area (TPSA) is 70.3 Å². The van der Waals surface area contributed by atoms with Crippen LogP contribution < -0.4 is 4.74 Å². The second-order valence-corrected chi connectivity index (χ2v) is 5.55. The highest BCUT2D eigenvalue weighted by atomic mass is 32.2. The minimum Gasteiger partial charge on any atom is -0.497 e. The molecule has 1 heterocycles. The third kappa shape index (κ3) is 3.08. The molecule has 0 saturated carbocycles. The first-order valence-electron chi connectivity index (χ1n) is 5.22. The van der Waals surface area contributed by atoms with Gasteiger partial charge in [0.2, 0.25) is 0 Å². The Hall–Kier alpha value is -1.97. The van der Waals surface area contributed by atoms with Gasteiger partial charge in [0, 0.05) is 15.2 Å². The van der Waals surface area contributed by atoms with E-state index in [-0.39, 0.29) is 4.88 Å². The Labute approximate surface area is 118 Å². The normalized spacial score (nSPS) is 9.89. The molecule has 0 amide bonds. The Bertz CT molecular complexity index is 658. The summed E-state index contributed by atoms with van der Waals surface area (Å²) in [5.74, 6) is -0.279. The van der Waals surface area contributed by atoms with Gasteiger partial charge < -0.3 is 9.84 Å². The van der Waals surface area contributed by atoms with E-state index in [0.29, 0.717) is 11.3 Å². The van der Waals surface area contributed by atoms with Crippen molar-refractivity contribution in [3.05, 3.63) is 40.1 Å². The molecule has 96 valence electrons. The molecular weight excluding hydrogens is 282 g/mol. The molecule has 0 radical (unpaired) electrons. The van der Waals surface area contributed by atoms with E-state index >= 15 is 0 Å². The lowest BCUT2D eigenvalue weighted by atomic mass is 10.2. The van der Waals surface area contributed by atoms with E-state index in [0.717, 1.165) is 9.79 Å². The first-order chi connectivity index (χ1) is 9.13. The summed E-state index contributed by atoms with van der Waals surface area (Å²) in [6.07, 6.45) is 0. The van der Waals surface area contributed by atoms with Gasteiger partial charge in [0.1, 0.15) is 16.7 Å². The first kappa shape index (κ1) is 13.5. The first-order valence-corrected chi connectivity index (χ1v) is 6.91. The number of nitrogens with zero attached hydrogens (tertiary/aromatic N) is 1. The number of hydrogen-bond donors (Lipinski definition) is 1. The molecule has 0 aliphatic heterocycles. The summed E-state index contributed by atoms with van der Waals surface area (Å²) in [7, 11) is 1.56. The second kappa shape index (κ2) is 5.78. The summed E-state index contributed by atoms with van der Waals surface area (Å²) < 4.78 is 5.12. The lowest BCUT2D eigenvalue weighted by Crippen LogP contribution is -1.90. The third-order valence-corrected chi connectivity index (χ3v) is 4.42. The largest absolute Gasteiger partial charge is 0.497 e. The Morgan fingerprint density at radius 3 is 2.84 bits per heavy atom. The highest BCUT2D eigenvalue weighted by Crippen LogP contribution is 2.35. The van der Waals surface area contributed by atoms with Crippen molar-refractivity contribution in [3.63, 3.8) is 0 Å². The maximum atomic E-state index is 10.8. The summed E-state index contributed by atoms with van der Waals surface area (Å²) >= 11 is 2.52. The van der Waals surface area contributed by atoms with Crippen molar-refractivity contribution in [3.8, 4) is 11.8 Å². The third-order valence-electron chi connectivity index (χ3n) is 2.32. The van der Waals surface area contributed by atoms with Crippen LogP contribution in [-0.2, 0) is 0 Å². The fourth-order valence-electron chi connectivity index (χ4n) is 1.42. The van der Waals surface area contributed by atoms with Crippen LogP contribution in [-0.4, -0.2) is 18.2 Å². The molecule has 0 unspecified atom stereocenters. The number of carboxylic acid groups (broad SMARTS) is 1. The van der Waals surface area contributed by atoms with E-state index in [1.165, 1.54) is 23.1 Å². The standard InChI is InChI=1S/C13H9NO3S2/c1-17-9-3-2-8(6-14)11(4-9)19-10-5-12(13(15)16)18-7-10/h2-5,7H,1H3,(H,15,16). The number of benzene rings is 1. The summed E-state index contributed by atoms with van der Waals surface area (Å²) in [5, 5.41) is 19.7. The fraction of sp³-hybridized carbons (Fsp3) is 0.0769. The number of carbonyl (C=O) groups is 1. The van der Waals surface area contributed by atoms with Gasteiger partial charge in [-0.15, -0.1) is 11.3 Å². The number of rotatable bonds is 4. The molecule has 19 heavy (non-hydrogen) atoms. The average Bonchev–Trinajstić information content (AvgIpc) is 2.87. The fourth-order valence-corrected chi connectivity index (χ4v) is 3.27. The number of methoxy groups -OCH3 is 1. The molecule has 0 aliphatic carbocycles. The van der Waals surface area contributed by atoms with Crippen molar-refractivity contribution >= 4 is 29.1 Å². The van der Waals surface area contributed by atoms with E-state index < -0.39 is 5.97 Å². The Kier molecular flexibility index (Phi) is 4.10. The molecule has 6 heteroatoms. The minimum atomic E-state index is -0.942. The zero-order chi connectivity index (χ0) is 13.8. The van der Waals surface area contributed by atoms with Crippen molar-refractivity contribution < 1.29 is 14.6 Å². The summed E-state index contributed by atoms with van der Waals surface area (Å²) in [6.45, 7) is 0. The number of thiophene rings is 1. The van der Waals surface area contributed by atoms with Crippen LogP contribution in [0.3, 0.4) is 0 Å². The molecule has 1 N–H and O–H groups in total. The number of nitriles is 1. The molecule has 2 rings (SSSR count). The molecule has 0 aliphatic rings. The lowest BCUT2D eigenvalue weighted by Gasteiger charge is -2.05. The quantitative estimate of drug-likeness (QED) is 0.933. The van der Waals surface area contributed by atoms with E-state index in [9.17, 15) is 4.79 Å². The summed E-state index contributed by atoms with van der Waals surface area (Å²) in [6, 6.07) is 8.88. The van der Waals surface area contributed by atoms with Gasteiger partial charge in [-0.1, -0.05) is 11.8 Å². The highest BCUT2D eigenvalue weighted by molar-refractivity contribution is 7.99. The molecule has 0 saturated heterocycles. The minimum absolute atomic E-state index is 0.281. The molecule has 0 atom stereocenters. The molecule has 4 nitrogen and oxygen atoms in total. The van der Waals surface area contributed by atoms with Crippen molar-refractivity contribution in [2.75, 3.05) is 7.11 Å². The Morgan fingerprint density at radius 2 is 2.26 bits per heavy atom. The Morgan fingerprint density at radius 1 is 1.47 bits per heavy atom. The highest BCUT2D eigenvalue weighted by Gasteiger charge is 2.10.